The van der Waals surface area contributed by atoms with Crippen molar-refractivity contribution in [2.75, 3.05) is 5.73 Å². The Morgan fingerprint density at radius 2 is 1.67 bits per heavy atom. The lowest BCUT2D eigenvalue weighted by Gasteiger charge is -2.04. The van der Waals surface area contributed by atoms with E-state index in [1.807, 2.05) is 0 Å². The molecule has 0 radical (unpaired) electrons. The number of benzene rings is 1. The molecule has 108 valence electrons. The van der Waals surface area contributed by atoms with Gasteiger partial charge in [0.1, 0.15) is 4.47 Å². The highest BCUT2D eigenvalue weighted by atomic mass is 79.9. The van der Waals surface area contributed by atoms with E-state index in [0.29, 0.717) is 0 Å². The number of non-ortho nitro benzene ring substituents is 2. The normalized spacial score (nSPS) is 10.3. The monoisotopic (exact) mass is 356 g/mol. The molecule has 10 nitrogen and oxygen atoms in total. The molecule has 0 aliphatic carbocycles. The lowest BCUT2D eigenvalue weighted by molar-refractivity contribution is -0.394. The SMILES string of the molecule is Nc1nc(=O)c(Br)c(-c2cc([N+](=O)[O-])cc([N+](=O)[O-])c2)o1. The molecule has 0 fully saturated rings. The minimum absolute atomic E-state index is 0.0472. The van der Waals surface area contributed by atoms with Gasteiger partial charge in [-0.15, -0.1) is 0 Å². The molecule has 0 saturated carbocycles. The van der Waals surface area contributed by atoms with Crippen LogP contribution in [0.5, 0.6) is 0 Å². The molecule has 2 N–H and O–H groups in total. The van der Waals surface area contributed by atoms with E-state index >= 15 is 0 Å². The maximum absolute atomic E-state index is 11.5. The quantitative estimate of drug-likeness (QED) is 0.644. The Labute approximate surface area is 123 Å². The molecule has 2 rings (SSSR count). The van der Waals surface area contributed by atoms with E-state index in [1.54, 1.807) is 0 Å². The molecule has 0 saturated heterocycles. The van der Waals surface area contributed by atoms with Crippen LogP contribution in [0.15, 0.2) is 31.9 Å². The summed E-state index contributed by atoms with van der Waals surface area (Å²) in [5, 5.41) is 21.6. The fourth-order valence-corrected chi connectivity index (χ4v) is 1.94. The van der Waals surface area contributed by atoms with Gasteiger partial charge in [0.05, 0.1) is 15.9 Å². The summed E-state index contributed by atoms with van der Waals surface area (Å²) < 4.78 is 4.87. The number of hydrogen-bond donors (Lipinski definition) is 1. The first kappa shape index (κ1) is 14.6. The molecule has 0 aliphatic rings. The maximum Gasteiger partial charge on any atom is 0.295 e. The topological polar surface area (TPSA) is 155 Å². The third kappa shape index (κ3) is 2.86. The lowest BCUT2D eigenvalue weighted by atomic mass is 10.1. The number of nitro groups is 2. The van der Waals surface area contributed by atoms with E-state index in [9.17, 15) is 25.0 Å². The Hall–Kier alpha value is -2.82. The highest BCUT2D eigenvalue weighted by Gasteiger charge is 2.21. The molecule has 0 spiro atoms. The average molecular weight is 357 g/mol. The summed E-state index contributed by atoms with van der Waals surface area (Å²) in [5.41, 5.74) is 3.44. The van der Waals surface area contributed by atoms with Gasteiger partial charge in [0.15, 0.2) is 5.76 Å². The summed E-state index contributed by atoms with van der Waals surface area (Å²) in [5.74, 6) is -0.181. The van der Waals surface area contributed by atoms with Crippen LogP contribution in [-0.2, 0) is 0 Å². The van der Waals surface area contributed by atoms with E-state index < -0.39 is 32.8 Å². The largest absolute Gasteiger partial charge is 0.424 e. The fraction of sp³-hybridized carbons (Fsp3) is 0. The highest BCUT2D eigenvalue weighted by Crippen LogP contribution is 2.32. The van der Waals surface area contributed by atoms with Crippen LogP contribution < -0.4 is 11.3 Å². The van der Waals surface area contributed by atoms with Gasteiger partial charge in [-0.2, -0.15) is 4.98 Å². The van der Waals surface area contributed by atoms with Gasteiger partial charge >= 0.3 is 0 Å². The number of hydrogen-bond acceptors (Lipinski definition) is 8. The van der Waals surface area contributed by atoms with Gasteiger partial charge in [-0.25, -0.2) is 0 Å². The van der Waals surface area contributed by atoms with Gasteiger partial charge < -0.3 is 10.2 Å². The second kappa shape index (κ2) is 5.28. The standard InChI is InChI=1S/C10H5BrN4O6/c11-7-8(21-10(12)13-9(7)16)4-1-5(14(17)18)3-6(2-4)15(19)20/h1-3H,(H2,12,13,16). The maximum atomic E-state index is 11.5. The van der Waals surface area contributed by atoms with Gasteiger partial charge in [-0.3, -0.25) is 25.0 Å². The number of halogens is 1. The minimum Gasteiger partial charge on any atom is -0.424 e. The zero-order valence-corrected chi connectivity index (χ0v) is 11.6. The number of aromatic nitrogens is 1. The van der Waals surface area contributed by atoms with Crippen molar-refractivity contribution in [1.82, 2.24) is 4.98 Å². The predicted molar refractivity (Wildman–Crippen MR) is 73.6 cm³/mol. The molecular formula is C10H5BrN4O6. The van der Waals surface area contributed by atoms with Gasteiger partial charge in [0.25, 0.3) is 22.9 Å². The van der Waals surface area contributed by atoms with Crippen LogP contribution in [0.2, 0.25) is 0 Å². The predicted octanol–water partition coefficient (Wildman–Crippen LogP) is 1.86. The van der Waals surface area contributed by atoms with Crippen molar-refractivity contribution in [1.29, 1.82) is 0 Å². The number of rotatable bonds is 3. The summed E-state index contributed by atoms with van der Waals surface area (Å²) in [7, 11) is 0. The van der Waals surface area contributed by atoms with E-state index in [0.717, 1.165) is 18.2 Å². The van der Waals surface area contributed by atoms with Gasteiger partial charge in [-0.1, -0.05) is 0 Å². The number of nitrogens with zero attached hydrogens (tertiary/aromatic N) is 3. The molecule has 2 aromatic rings. The first-order valence-corrected chi connectivity index (χ1v) is 5.99. The van der Waals surface area contributed by atoms with Gasteiger partial charge in [0.2, 0.25) is 0 Å². The van der Waals surface area contributed by atoms with Crippen LogP contribution in [0.1, 0.15) is 0 Å². The minimum atomic E-state index is -0.799. The van der Waals surface area contributed by atoms with Crippen LogP contribution in [0.25, 0.3) is 11.3 Å². The molecule has 0 bridgehead atoms. The highest BCUT2D eigenvalue weighted by molar-refractivity contribution is 9.10. The molecular weight excluding hydrogens is 352 g/mol. The third-order valence-electron chi connectivity index (χ3n) is 2.39. The summed E-state index contributed by atoms with van der Waals surface area (Å²) in [4.78, 5) is 34.9. The fourth-order valence-electron chi connectivity index (χ4n) is 1.54. The number of nitrogens with two attached hydrogens (primary N) is 1. The summed E-state index contributed by atoms with van der Waals surface area (Å²) in [6, 6.07) is 2.37. The molecule has 0 unspecified atom stereocenters. The molecule has 1 aromatic heterocycles. The van der Waals surface area contributed by atoms with Crippen LogP contribution in [0.3, 0.4) is 0 Å². The van der Waals surface area contributed by atoms with Gasteiger partial charge in [-0.05, 0) is 15.9 Å². The average Bonchev–Trinajstić information content (AvgIpc) is 2.42. The molecule has 21 heavy (non-hydrogen) atoms. The van der Waals surface area contributed by atoms with Crippen molar-refractivity contribution in [3.05, 3.63) is 53.3 Å². The number of nitrogen functional groups attached to an aromatic ring is 1. The van der Waals surface area contributed by atoms with E-state index in [1.165, 1.54) is 0 Å². The van der Waals surface area contributed by atoms with E-state index in [2.05, 4.69) is 20.9 Å². The Bertz CT molecular complexity index is 785. The molecule has 11 heteroatoms. The summed E-state index contributed by atoms with van der Waals surface area (Å²) >= 11 is 2.91. The van der Waals surface area contributed by atoms with Crippen LogP contribution >= 0.6 is 15.9 Å². The van der Waals surface area contributed by atoms with Gasteiger partial charge in [0, 0.05) is 17.7 Å². The van der Waals surface area contributed by atoms with Crippen molar-refractivity contribution in [3.63, 3.8) is 0 Å². The zero-order valence-electron chi connectivity index (χ0n) is 9.98. The van der Waals surface area contributed by atoms with Crippen molar-refractivity contribution in [2.24, 2.45) is 0 Å². The van der Waals surface area contributed by atoms with Crippen molar-refractivity contribution in [3.8, 4) is 11.3 Å². The number of nitro benzene ring substituents is 2. The van der Waals surface area contributed by atoms with Crippen LogP contribution in [0, 0.1) is 20.2 Å². The van der Waals surface area contributed by atoms with Crippen molar-refractivity contribution in [2.45, 2.75) is 0 Å². The Kier molecular flexibility index (Phi) is 3.67. The van der Waals surface area contributed by atoms with E-state index in [-0.39, 0.29) is 15.8 Å². The second-order valence-corrected chi connectivity index (χ2v) is 4.55. The molecule has 1 aromatic carbocycles. The molecule has 0 aliphatic heterocycles. The zero-order chi connectivity index (χ0) is 15.7. The van der Waals surface area contributed by atoms with Crippen molar-refractivity contribution >= 4 is 33.3 Å². The van der Waals surface area contributed by atoms with Crippen LogP contribution in [-0.4, -0.2) is 14.8 Å². The smallest absolute Gasteiger partial charge is 0.295 e. The third-order valence-corrected chi connectivity index (χ3v) is 3.09. The summed E-state index contributed by atoms with van der Waals surface area (Å²) in [6.45, 7) is 0. The van der Waals surface area contributed by atoms with Crippen molar-refractivity contribution < 1.29 is 14.3 Å². The molecule has 0 amide bonds. The molecule has 0 atom stereocenters. The Morgan fingerprint density at radius 3 is 2.14 bits per heavy atom. The lowest BCUT2D eigenvalue weighted by Crippen LogP contribution is -2.10. The second-order valence-electron chi connectivity index (χ2n) is 3.75. The van der Waals surface area contributed by atoms with E-state index in [4.69, 9.17) is 10.2 Å². The first-order valence-electron chi connectivity index (χ1n) is 5.20. The number of anilines is 1. The Balaban J connectivity index is 2.77. The summed E-state index contributed by atoms with van der Waals surface area (Å²) in [6.07, 6.45) is 0. The molecule has 1 heterocycles. The Morgan fingerprint density at radius 1 is 1.14 bits per heavy atom. The first-order chi connectivity index (χ1) is 9.79. The van der Waals surface area contributed by atoms with Crippen LogP contribution in [0.4, 0.5) is 17.4 Å².